The van der Waals surface area contributed by atoms with Crippen molar-refractivity contribution in [1.82, 2.24) is 4.98 Å². The summed E-state index contributed by atoms with van der Waals surface area (Å²) >= 11 is 0. The molecule has 1 aromatic heterocycles. The Labute approximate surface area is 119 Å². The summed E-state index contributed by atoms with van der Waals surface area (Å²) in [5.41, 5.74) is 8.50. The predicted octanol–water partition coefficient (Wildman–Crippen LogP) is 1.61. The number of rotatable bonds is 4. The van der Waals surface area contributed by atoms with Gasteiger partial charge in [0, 0.05) is 53.9 Å². The van der Waals surface area contributed by atoms with Crippen LogP contribution in [-0.2, 0) is 9.84 Å². The molecule has 6 heteroatoms. The predicted molar refractivity (Wildman–Crippen MR) is 83.9 cm³/mol. The van der Waals surface area contributed by atoms with E-state index >= 15 is 0 Å². The molecule has 0 saturated carbocycles. The first-order valence-electron chi connectivity index (χ1n) is 6.31. The zero-order valence-corrected chi connectivity index (χ0v) is 12.7. The number of aromatic nitrogens is 1. The Morgan fingerprint density at radius 3 is 2.65 bits per heavy atom. The van der Waals surface area contributed by atoms with Crippen molar-refractivity contribution < 1.29 is 8.42 Å². The fraction of sp³-hybridized carbons (Fsp3) is 0.357. The fourth-order valence-electron chi connectivity index (χ4n) is 2.11. The first kappa shape index (κ1) is 14.6. The van der Waals surface area contributed by atoms with Crippen LogP contribution in [0.1, 0.15) is 5.69 Å². The van der Waals surface area contributed by atoms with Crippen molar-refractivity contribution in [3.8, 4) is 0 Å². The summed E-state index contributed by atoms with van der Waals surface area (Å²) < 4.78 is 22.6. The molecule has 0 amide bonds. The van der Waals surface area contributed by atoms with Gasteiger partial charge in [0.25, 0.3) is 0 Å². The van der Waals surface area contributed by atoms with E-state index in [0.29, 0.717) is 12.2 Å². The quantitative estimate of drug-likeness (QED) is 0.867. The normalized spacial score (nSPS) is 11.8. The molecule has 2 N–H and O–H groups in total. The van der Waals surface area contributed by atoms with Crippen LogP contribution in [0.4, 0.5) is 11.4 Å². The number of pyridine rings is 1. The summed E-state index contributed by atoms with van der Waals surface area (Å²) in [5.74, 6) is 0.124. The first-order chi connectivity index (χ1) is 9.28. The highest BCUT2D eigenvalue weighted by Gasteiger charge is 2.11. The smallest absolute Gasteiger partial charge is 0.149 e. The lowest BCUT2D eigenvalue weighted by Crippen LogP contribution is -2.25. The van der Waals surface area contributed by atoms with E-state index in [2.05, 4.69) is 4.98 Å². The van der Waals surface area contributed by atoms with Crippen LogP contribution in [0.2, 0.25) is 0 Å². The van der Waals surface area contributed by atoms with Crippen LogP contribution in [0.3, 0.4) is 0 Å². The van der Waals surface area contributed by atoms with Crippen molar-refractivity contribution in [1.29, 1.82) is 0 Å². The molecule has 0 fully saturated rings. The standard InChI is InChI=1S/C14H19N3O2S/c1-10-8-11-12(9-16-10)13(15)4-5-14(11)17(2)6-7-20(3,18)19/h4-5,8-9H,6-7,15H2,1-3H3. The second-order valence-electron chi connectivity index (χ2n) is 5.10. The number of anilines is 2. The molecule has 0 radical (unpaired) electrons. The van der Waals surface area contributed by atoms with Gasteiger partial charge >= 0.3 is 0 Å². The number of hydrogen-bond acceptors (Lipinski definition) is 5. The molecule has 20 heavy (non-hydrogen) atoms. The third-order valence-corrected chi connectivity index (χ3v) is 4.18. The summed E-state index contributed by atoms with van der Waals surface area (Å²) in [4.78, 5) is 6.19. The summed E-state index contributed by atoms with van der Waals surface area (Å²) in [7, 11) is -1.09. The van der Waals surface area contributed by atoms with Crippen molar-refractivity contribution in [2.24, 2.45) is 0 Å². The lowest BCUT2D eigenvalue weighted by Gasteiger charge is -2.21. The van der Waals surface area contributed by atoms with Gasteiger partial charge in [0.1, 0.15) is 9.84 Å². The molecule has 2 aromatic rings. The molecule has 1 heterocycles. The highest BCUT2D eigenvalue weighted by molar-refractivity contribution is 7.90. The number of nitrogens with zero attached hydrogens (tertiary/aromatic N) is 2. The maximum atomic E-state index is 11.3. The highest BCUT2D eigenvalue weighted by atomic mass is 32.2. The highest BCUT2D eigenvalue weighted by Crippen LogP contribution is 2.30. The molecule has 0 unspecified atom stereocenters. The van der Waals surface area contributed by atoms with E-state index in [4.69, 9.17) is 5.73 Å². The molecular weight excluding hydrogens is 274 g/mol. The summed E-state index contributed by atoms with van der Waals surface area (Å²) in [6, 6.07) is 5.71. The molecule has 0 aliphatic rings. The van der Waals surface area contributed by atoms with Crippen LogP contribution in [0.5, 0.6) is 0 Å². The monoisotopic (exact) mass is 293 g/mol. The number of fused-ring (bicyclic) bond motifs is 1. The van der Waals surface area contributed by atoms with Crippen LogP contribution < -0.4 is 10.6 Å². The Morgan fingerprint density at radius 1 is 1.30 bits per heavy atom. The molecule has 0 aliphatic heterocycles. The van der Waals surface area contributed by atoms with Gasteiger partial charge in [0.2, 0.25) is 0 Å². The average molecular weight is 293 g/mol. The van der Waals surface area contributed by atoms with Gasteiger partial charge in [0.05, 0.1) is 5.75 Å². The minimum Gasteiger partial charge on any atom is -0.398 e. The molecule has 0 aliphatic carbocycles. The van der Waals surface area contributed by atoms with Crippen molar-refractivity contribution in [3.63, 3.8) is 0 Å². The number of nitrogens with two attached hydrogens (primary N) is 1. The molecular formula is C14H19N3O2S. The van der Waals surface area contributed by atoms with Crippen LogP contribution in [0.25, 0.3) is 10.8 Å². The molecule has 0 atom stereocenters. The maximum Gasteiger partial charge on any atom is 0.149 e. The molecule has 108 valence electrons. The third-order valence-electron chi connectivity index (χ3n) is 3.26. The van der Waals surface area contributed by atoms with Crippen molar-refractivity contribution in [2.45, 2.75) is 6.92 Å². The average Bonchev–Trinajstić information content (AvgIpc) is 2.35. The number of benzene rings is 1. The van der Waals surface area contributed by atoms with Gasteiger partial charge < -0.3 is 10.6 Å². The minimum atomic E-state index is -2.98. The Hall–Kier alpha value is -1.82. The Kier molecular flexibility index (Phi) is 3.85. The first-order valence-corrected chi connectivity index (χ1v) is 8.38. The van der Waals surface area contributed by atoms with E-state index in [1.807, 2.05) is 37.1 Å². The maximum absolute atomic E-state index is 11.3. The van der Waals surface area contributed by atoms with Crippen LogP contribution in [-0.4, -0.2) is 39.0 Å². The summed E-state index contributed by atoms with van der Waals surface area (Å²) in [6.45, 7) is 2.36. The van der Waals surface area contributed by atoms with Crippen LogP contribution >= 0.6 is 0 Å². The number of aryl methyl sites for hydroxylation is 1. The largest absolute Gasteiger partial charge is 0.398 e. The lowest BCUT2D eigenvalue weighted by molar-refractivity contribution is 0.601. The number of hydrogen-bond donors (Lipinski definition) is 1. The molecule has 0 bridgehead atoms. The van der Waals surface area contributed by atoms with Crippen molar-refractivity contribution in [3.05, 3.63) is 30.1 Å². The SMILES string of the molecule is Cc1cc2c(N(C)CCS(C)(=O)=O)ccc(N)c2cn1. The zero-order chi connectivity index (χ0) is 14.9. The minimum absolute atomic E-state index is 0.124. The lowest BCUT2D eigenvalue weighted by atomic mass is 10.1. The Bertz CT molecular complexity index is 741. The van der Waals surface area contributed by atoms with E-state index in [1.165, 1.54) is 6.26 Å². The van der Waals surface area contributed by atoms with E-state index in [-0.39, 0.29) is 5.75 Å². The van der Waals surface area contributed by atoms with E-state index in [9.17, 15) is 8.42 Å². The Balaban J connectivity index is 2.43. The second kappa shape index (κ2) is 5.28. The van der Waals surface area contributed by atoms with Gasteiger partial charge in [-0.05, 0) is 25.1 Å². The van der Waals surface area contributed by atoms with Crippen molar-refractivity contribution >= 4 is 32.0 Å². The van der Waals surface area contributed by atoms with Gasteiger partial charge in [-0.15, -0.1) is 0 Å². The number of sulfone groups is 1. The second-order valence-corrected chi connectivity index (χ2v) is 7.36. The molecule has 0 spiro atoms. The van der Waals surface area contributed by atoms with E-state index in [1.54, 1.807) is 6.20 Å². The van der Waals surface area contributed by atoms with Gasteiger partial charge in [0.15, 0.2) is 0 Å². The topological polar surface area (TPSA) is 76.3 Å². The number of nitrogen functional groups attached to an aromatic ring is 1. The molecule has 1 aromatic carbocycles. The fourth-order valence-corrected chi connectivity index (χ4v) is 2.71. The van der Waals surface area contributed by atoms with Crippen LogP contribution in [0, 0.1) is 6.92 Å². The third kappa shape index (κ3) is 3.19. The molecule has 0 saturated heterocycles. The summed E-state index contributed by atoms with van der Waals surface area (Å²) in [6.07, 6.45) is 3.00. The Morgan fingerprint density at radius 2 is 2.00 bits per heavy atom. The molecule has 2 rings (SSSR count). The van der Waals surface area contributed by atoms with Crippen LogP contribution in [0.15, 0.2) is 24.4 Å². The van der Waals surface area contributed by atoms with E-state index in [0.717, 1.165) is 22.2 Å². The molecule has 5 nitrogen and oxygen atoms in total. The van der Waals surface area contributed by atoms with Crippen molar-refractivity contribution in [2.75, 3.05) is 36.2 Å². The van der Waals surface area contributed by atoms with Gasteiger partial charge in [-0.1, -0.05) is 0 Å². The summed E-state index contributed by atoms with van der Waals surface area (Å²) in [5, 5.41) is 1.88. The van der Waals surface area contributed by atoms with Gasteiger partial charge in [-0.3, -0.25) is 4.98 Å². The van der Waals surface area contributed by atoms with E-state index < -0.39 is 9.84 Å². The zero-order valence-electron chi connectivity index (χ0n) is 11.9. The van der Waals surface area contributed by atoms with Gasteiger partial charge in [-0.2, -0.15) is 0 Å². The van der Waals surface area contributed by atoms with Gasteiger partial charge in [-0.25, -0.2) is 8.42 Å².